The van der Waals surface area contributed by atoms with Crippen LogP contribution in [-0.4, -0.2) is 29.5 Å². The highest BCUT2D eigenvalue weighted by Crippen LogP contribution is 2.30. The van der Waals surface area contributed by atoms with E-state index in [1.807, 2.05) is 71.4 Å². The van der Waals surface area contributed by atoms with Crippen molar-refractivity contribution in [2.45, 2.75) is 19.3 Å². The number of nitrogens with zero attached hydrogens (tertiary/aromatic N) is 2. The number of ether oxygens (including phenoxy) is 2. The molecule has 0 aliphatic rings. The first-order chi connectivity index (χ1) is 16.5. The zero-order chi connectivity index (χ0) is 24.1. The van der Waals surface area contributed by atoms with Gasteiger partial charge in [0.25, 0.3) is 0 Å². The highest BCUT2D eigenvalue weighted by Gasteiger charge is 2.25. The van der Waals surface area contributed by atoms with E-state index in [9.17, 15) is 4.79 Å². The predicted molar refractivity (Wildman–Crippen MR) is 135 cm³/mol. The van der Waals surface area contributed by atoms with Gasteiger partial charge in [0.2, 0.25) is 0 Å². The lowest BCUT2D eigenvalue weighted by molar-refractivity contribution is -0.145. The number of halogens is 2. The second kappa shape index (κ2) is 10.8. The summed E-state index contributed by atoms with van der Waals surface area (Å²) in [6, 6.07) is 24.5. The molecule has 1 unspecified atom stereocenters. The minimum absolute atomic E-state index is 0.295. The minimum atomic E-state index is -0.505. The van der Waals surface area contributed by atoms with Crippen LogP contribution in [0.15, 0.2) is 78.9 Å². The van der Waals surface area contributed by atoms with Crippen molar-refractivity contribution < 1.29 is 14.3 Å². The van der Waals surface area contributed by atoms with E-state index in [0.29, 0.717) is 23.1 Å². The molecule has 34 heavy (non-hydrogen) atoms. The Hall–Kier alpha value is -3.28. The van der Waals surface area contributed by atoms with Gasteiger partial charge in [-0.1, -0.05) is 47.5 Å². The molecule has 4 aromatic rings. The molecule has 0 amide bonds. The number of benzene rings is 3. The second-order valence-corrected chi connectivity index (χ2v) is 8.57. The number of carbonyl (C=O) groups is 1. The fraction of sp³-hybridized carbons (Fsp3) is 0.185. The van der Waals surface area contributed by atoms with Gasteiger partial charge < -0.3 is 9.47 Å². The molecular weight excluding hydrogens is 471 g/mol. The summed E-state index contributed by atoms with van der Waals surface area (Å²) >= 11 is 12.2. The topological polar surface area (TPSA) is 53.4 Å². The average molecular weight is 495 g/mol. The molecule has 1 heterocycles. The SMILES string of the molecule is CCOC(=O)C(Cc1cc(-c2ccc(Cl)cc2)n(-c2ccc(OC)cc2)n1)c1ccc(Cl)cc1. The maximum Gasteiger partial charge on any atom is 0.313 e. The summed E-state index contributed by atoms with van der Waals surface area (Å²) in [5.74, 6) is -0.0411. The van der Waals surface area contributed by atoms with Crippen molar-refractivity contribution >= 4 is 29.2 Å². The molecule has 0 radical (unpaired) electrons. The Morgan fingerprint density at radius 2 is 1.56 bits per heavy atom. The Morgan fingerprint density at radius 3 is 2.15 bits per heavy atom. The van der Waals surface area contributed by atoms with Gasteiger partial charge in [-0.25, -0.2) is 4.68 Å². The maximum atomic E-state index is 12.9. The van der Waals surface area contributed by atoms with Crippen LogP contribution in [-0.2, 0) is 16.0 Å². The van der Waals surface area contributed by atoms with Crippen molar-refractivity contribution in [2.75, 3.05) is 13.7 Å². The average Bonchev–Trinajstić information content (AvgIpc) is 3.28. The molecule has 0 saturated carbocycles. The number of hydrogen-bond acceptors (Lipinski definition) is 4. The van der Waals surface area contributed by atoms with Gasteiger partial charge >= 0.3 is 5.97 Å². The van der Waals surface area contributed by atoms with Gasteiger partial charge in [-0.05, 0) is 67.1 Å². The fourth-order valence-electron chi connectivity index (χ4n) is 3.76. The van der Waals surface area contributed by atoms with Crippen LogP contribution in [0, 0.1) is 0 Å². The molecule has 4 rings (SSSR count). The molecule has 1 atom stereocenters. The van der Waals surface area contributed by atoms with E-state index in [4.69, 9.17) is 37.8 Å². The lowest BCUT2D eigenvalue weighted by Crippen LogP contribution is -2.18. The summed E-state index contributed by atoms with van der Waals surface area (Å²) in [6.45, 7) is 2.10. The van der Waals surface area contributed by atoms with E-state index < -0.39 is 5.92 Å². The van der Waals surface area contributed by atoms with Crippen molar-refractivity contribution in [3.63, 3.8) is 0 Å². The van der Waals surface area contributed by atoms with Gasteiger partial charge in [0.1, 0.15) is 5.75 Å². The van der Waals surface area contributed by atoms with Crippen molar-refractivity contribution in [1.82, 2.24) is 9.78 Å². The maximum absolute atomic E-state index is 12.9. The number of carbonyl (C=O) groups excluding carboxylic acids is 1. The lowest BCUT2D eigenvalue weighted by atomic mass is 9.94. The van der Waals surface area contributed by atoms with Crippen molar-refractivity contribution in [3.8, 4) is 22.7 Å². The predicted octanol–water partition coefficient (Wildman–Crippen LogP) is 6.74. The van der Waals surface area contributed by atoms with Crippen molar-refractivity contribution in [1.29, 1.82) is 0 Å². The summed E-state index contributed by atoms with van der Waals surface area (Å²) < 4.78 is 12.5. The van der Waals surface area contributed by atoms with Crippen LogP contribution in [0.25, 0.3) is 16.9 Å². The van der Waals surface area contributed by atoms with Gasteiger partial charge in [-0.15, -0.1) is 0 Å². The molecule has 1 aromatic heterocycles. The standard InChI is InChI=1S/C27H24Cl2N2O3/c1-3-34-27(32)25(18-4-8-20(28)9-5-18)16-22-17-26(19-6-10-21(29)11-7-19)31(30-22)23-12-14-24(33-2)15-13-23/h4-15,17,25H,3,16H2,1-2H3. The number of hydrogen-bond donors (Lipinski definition) is 0. The first kappa shape index (κ1) is 23.9. The van der Waals surface area contributed by atoms with Crippen molar-refractivity contribution in [2.24, 2.45) is 0 Å². The second-order valence-electron chi connectivity index (χ2n) is 7.70. The minimum Gasteiger partial charge on any atom is -0.497 e. The smallest absolute Gasteiger partial charge is 0.313 e. The van der Waals surface area contributed by atoms with Gasteiger partial charge in [0.15, 0.2) is 0 Å². The summed E-state index contributed by atoms with van der Waals surface area (Å²) in [7, 11) is 1.63. The van der Waals surface area contributed by atoms with Crippen LogP contribution in [0.5, 0.6) is 5.75 Å². The number of rotatable bonds is 8. The van der Waals surface area contributed by atoms with E-state index in [-0.39, 0.29) is 5.97 Å². The van der Waals surface area contributed by atoms with Crippen molar-refractivity contribution in [3.05, 3.63) is 100 Å². The first-order valence-corrected chi connectivity index (χ1v) is 11.7. The summed E-state index contributed by atoms with van der Waals surface area (Å²) in [4.78, 5) is 12.9. The Kier molecular flexibility index (Phi) is 7.56. The Bertz CT molecular complexity index is 1250. The Morgan fingerprint density at radius 1 is 0.941 bits per heavy atom. The lowest BCUT2D eigenvalue weighted by Gasteiger charge is -2.15. The van der Waals surface area contributed by atoms with E-state index in [2.05, 4.69) is 0 Å². The van der Waals surface area contributed by atoms with Gasteiger partial charge in [0.05, 0.1) is 36.7 Å². The molecule has 0 fully saturated rings. The fourth-order valence-corrected chi connectivity index (χ4v) is 4.01. The zero-order valence-electron chi connectivity index (χ0n) is 18.9. The molecular formula is C27H24Cl2N2O3. The molecule has 0 N–H and O–H groups in total. The van der Waals surface area contributed by atoms with E-state index in [0.717, 1.165) is 34.0 Å². The third kappa shape index (κ3) is 5.44. The van der Waals surface area contributed by atoms with Gasteiger partial charge in [-0.3, -0.25) is 4.79 Å². The highest BCUT2D eigenvalue weighted by atomic mass is 35.5. The third-order valence-electron chi connectivity index (χ3n) is 5.47. The number of methoxy groups -OCH3 is 1. The Balaban J connectivity index is 1.76. The molecule has 0 spiro atoms. The van der Waals surface area contributed by atoms with Crippen LogP contribution in [0.4, 0.5) is 0 Å². The number of esters is 1. The summed E-state index contributed by atoms with van der Waals surface area (Å²) in [6.07, 6.45) is 0.379. The molecule has 5 nitrogen and oxygen atoms in total. The molecule has 174 valence electrons. The third-order valence-corrected chi connectivity index (χ3v) is 5.98. The van der Waals surface area contributed by atoms with Crippen LogP contribution < -0.4 is 4.74 Å². The van der Waals surface area contributed by atoms with Gasteiger partial charge in [0, 0.05) is 22.0 Å². The van der Waals surface area contributed by atoms with Crippen LogP contribution >= 0.6 is 23.2 Å². The normalized spacial score (nSPS) is 11.8. The van der Waals surface area contributed by atoms with Gasteiger partial charge in [-0.2, -0.15) is 5.10 Å². The quantitative estimate of drug-likeness (QED) is 0.254. The zero-order valence-corrected chi connectivity index (χ0v) is 20.4. The summed E-state index contributed by atoms with van der Waals surface area (Å²) in [5, 5.41) is 6.14. The van der Waals surface area contributed by atoms with Crippen LogP contribution in [0.1, 0.15) is 24.1 Å². The molecule has 3 aromatic carbocycles. The summed E-state index contributed by atoms with van der Waals surface area (Å²) in [5.41, 5.74) is 4.30. The molecule has 0 bridgehead atoms. The molecule has 7 heteroatoms. The first-order valence-electron chi connectivity index (χ1n) is 10.9. The molecule has 0 aliphatic heterocycles. The van der Waals surface area contributed by atoms with Crippen LogP contribution in [0.2, 0.25) is 10.0 Å². The largest absolute Gasteiger partial charge is 0.497 e. The van der Waals surface area contributed by atoms with E-state index in [1.54, 1.807) is 26.2 Å². The Labute approximate surface area is 208 Å². The molecule has 0 aliphatic carbocycles. The monoisotopic (exact) mass is 494 g/mol. The van der Waals surface area contributed by atoms with Crippen LogP contribution in [0.3, 0.4) is 0 Å². The highest BCUT2D eigenvalue weighted by molar-refractivity contribution is 6.30. The van der Waals surface area contributed by atoms with E-state index >= 15 is 0 Å². The van der Waals surface area contributed by atoms with E-state index in [1.165, 1.54) is 0 Å². The number of aromatic nitrogens is 2. The molecule has 0 saturated heterocycles.